The number of ketones is 1. The number of rotatable bonds is 5. The molecule has 6 heteroatoms. The summed E-state index contributed by atoms with van der Waals surface area (Å²) in [6.45, 7) is 2.86. The third kappa shape index (κ3) is 4.68. The molecule has 0 radical (unpaired) electrons. The molecule has 3 nitrogen and oxygen atoms in total. The molecule has 2 aromatic rings. The van der Waals surface area contributed by atoms with Crippen molar-refractivity contribution in [2.24, 2.45) is 0 Å². The van der Waals surface area contributed by atoms with E-state index < -0.39 is 0 Å². The minimum Gasteiger partial charge on any atom is -0.487 e. The molecule has 4 rings (SSSR count). The van der Waals surface area contributed by atoms with Crippen molar-refractivity contribution in [3.05, 3.63) is 64.4 Å². The standard InChI is InChI=1S/C22H23ClFNO2.ClH/c23-18-5-8-21-17(14-18)15-22(27-21)9-12-25(13-10-22)11-1-2-20(26)16-3-6-19(24)7-4-16;/h3-8,14H,1-2,9-13,15H2;1H. The summed E-state index contributed by atoms with van der Waals surface area (Å²) in [6.07, 6.45) is 4.23. The van der Waals surface area contributed by atoms with Gasteiger partial charge in [0, 0.05) is 49.4 Å². The first-order valence-electron chi connectivity index (χ1n) is 9.52. The van der Waals surface area contributed by atoms with Crippen LogP contribution in [0.4, 0.5) is 4.39 Å². The number of ether oxygens (including phenoxy) is 1. The topological polar surface area (TPSA) is 29.5 Å². The van der Waals surface area contributed by atoms with Crippen LogP contribution in [0.5, 0.6) is 5.75 Å². The highest BCUT2D eigenvalue weighted by Gasteiger charge is 2.41. The minimum atomic E-state index is -0.313. The minimum absolute atomic E-state index is 0. The van der Waals surface area contributed by atoms with Crippen molar-refractivity contribution in [1.82, 2.24) is 4.90 Å². The molecular formula is C22H24Cl2FNO2. The summed E-state index contributed by atoms with van der Waals surface area (Å²) < 4.78 is 19.2. The van der Waals surface area contributed by atoms with Gasteiger partial charge >= 0.3 is 0 Å². The molecule has 1 spiro atoms. The molecule has 0 amide bonds. The molecule has 1 fully saturated rings. The van der Waals surface area contributed by atoms with Crippen molar-refractivity contribution in [1.29, 1.82) is 0 Å². The van der Waals surface area contributed by atoms with E-state index in [1.54, 1.807) is 12.1 Å². The Morgan fingerprint density at radius 3 is 2.57 bits per heavy atom. The molecule has 1 saturated heterocycles. The third-order valence-electron chi connectivity index (χ3n) is 5.67. The summed E-state index contributed by atoms with van der Waals surface area (Å²) >= 11 is 6.10. The zero-order valence-electron chi connectivity index (χ0n) is 15.6. The van der Waals surface area contributed by atoms with Crippen LogP contribution in [0.1, 0.15) is 41.6 Å². The zero-order valence-corrected chi connectivity index (χ0v) is 17.2. The third-order valence-corrected chi connectivity index (χ3v) is 5.91. The highest BCUT2D eigenvalue weighted by atomic mass is 35.5. The number of piperidine rings is 1. The van der Waals surface area contributed by atoms with Gasteiger partial charge in [0.25, 0.3) is 0 Å². The molecule has 0 unspecified atom stereocenters. The van der Waals surface area contributed by atoms with Gasteiger partial charge in [0.1, 0.15) is 17.2 Å². The molecule has 0 saturated carbocycles. The molecule has 150 valence electrons. The fraction of sp³-hybridized carbons (Fsp3) is 0.409. The van der Waals surface area contributed by atoms with Gasteiger partial charge in [-0.15, -0.1) is 12.4 Å². The molecule has 0 bridgehead atoms. The number of likely N-dealkylation sites (tertiary alicyclic amines) is 1. The number of carbonyl (C=O) groups is 1. The highest BCUT2D eigenvalue weighted by molar-refractivity contribution is 6.30. The molecule has 2 aliphatic heterocycles. The van der Waals surface area contributed by atoms with Crippen molar-refractivity contribution < 1.29 is 13.9 Å². The van der Waals surface area contributed by atoms with Gasteiger partial charge in [-0.1, -0.05) is 11.6 Å². The normalized spacial score (nSPS) is 17.6. The number of Topliss-reactive ketones (excluding diaryl/α,β-unsaturated/α-hetero) is 1. The Bertz CT molecular complexity index is 833. The molecule has 2 aromatic carbocycles. The van der Waals surface area contributed by atoms with Crippen molar-refractivity contribution in [3.63, 3.8) is 0 Å². The van der Waals surface area contributed by atoms with Gasteiger partial charge in [0.05, 0.1) is 0 Å². The molecule has 28 heavy (non-hydrogen) atoms. The number of nitrogens with zero attached hydrogens (tertiary/aromatic N) is 1. The highest BCUT2D eigenvalue weighted by Crippen LogP contribution is 2.41. The second kappa shape index (κ2) is 8.81. The number of fused-ring (bicyclic) bond motifs is 1. The average molecular weight is 424 g/mol. The molecule has 0 atom stereocenters. The van der Waals surface area contributed by atoms with Crippen LogP contribution >= 0.6 is 24.0 Å². The van der Waals surface area contributed by atoms with Crippen LogP contribution in [0.15, 0.2) is 42.5 Å². The Labute approximate surface area is 176 Å². The van der Waals surface area contributed by atoms with Crippen LogP contribution in [-0.2, 0) is 6.42 Å². The Balaban J connectivity index is 0.00000225. The summed E-state index contributed by atoms with van der Waals surface area (Å²) in [7, 11) is 0. The van der Waals surface area contributed by atoms with Crippen molar-refractivity contribution in [3.8, 4) is 5.75 Å². The van der Waals surface area contributed by atoms with Crippen LogP contribution < -0.4 is 4.74 Å². The summed E-state index contributed by atoms with van der Waals surface area (Å²) in [5.74, 6) is 0.736. The van der Waals surface area contributed by atoms with E-state index >= 15 is 0 Å². The lowest BCUT2D eigenvalue weighted by Crippen LogP contribution is -2.47. The molecular weight excluding hydrogens is 400 g/mol. The van der Waals surface area contributed by atoms with Crippen LogP contribution in [0.3, 0.4) is 0 Å². The summed E-state index contributed by atoms with van der Waals surface area (Å²) in [5.41, 5.74) is 1.71. The van der Waals surface area contributed by atoms with Gasteiger partial charge in [-0.3, -0.25) is 4.79 Å². The SMILES string of the molecule is Cl.O=C(CCCN1CCC2(CC1)Cc1cc(Cl)ccc1O2)c1ccc(F)cc1. The van der Waals surface area contributed by atoms with Gasteiger partial charge in [-0.25, -0.2) is 4.39 Å². The predicted octanol–water partition coefficient (Wildman–Crippen LogP) is 5.33. The Kier molecular flexibility index (Phi) is 6.64. The molecule has 0 aromatic heterocycles. The van der Waals surface area contributed by atoms with Crippen molar-refractivity contribution in [2.45, 2.75) is 37.7 Å². The van der Waals surface area contributed by atoms with Crippen molar-refractivity contribution in [2.75, 3.05) is 19.6 Å². The number of hydrogen-bond acceptors (Lipinski definition) is 3. The van der Waals surface area contributed by atoms with Crippen molar-refractivity contribution >= 4 is 29.8 Å². The Hall–Kier alpha value is -1.62. The van der Waals surface area contributed by atoms with E-state index in [4.69, 9.17) is 16.3 Å². The lowest BCUT2D eigenvalue weighted by Gasteiger charge is -2.38. The van der Waals surface area contributed by atoms with Gasteiger partial charge in [0.2, 0.25) is 0 Å². The molecule has 0 aliphatic carbocycles. The van der Waals surface area contributed by atoms with Crippen LogP contribution in [0.2, 0.25) is 5.02 Å². The fourth-order valence-corrected chi connectivity index (χ4v) is 4.30. The maximum Gasteiger partial charge on any atom is 0.162 e. The second-order valence-corrected chi connectivity index (χ2v) is 8.03. The van der Waals surface area contributed by atoms with E-state index in [2.05, 4.69) is 4.90 Å². The van der Waals surface area contributed by atoms with E-state index in [1.807, 2.05) is 18.2 Å². The predicted molar refractivity (Wildman–Crippen MR) is 111 cm³/mol. The molecule has 0 N–H and O–H groups in total. The lowest BCUT2D eigenvalue weighted by atomic mass is 9.87. The van der Waals surface area contributed by atoms with E-state index in [0.717, 1.165) is 56.1 Å². The first-order valence-corrected chi connectivity index (χ1v) is 9.89. The van der Waals surface area contributed by atoms with E-state index in [0.29, 0.717) is 12.0 Å². The smallest absolute Gasteiger partial charge is 0.162 e. The Morgan fingerprint density at radius 1 is 1.14 bits per heavy atom. The fourth-order valence-electron chi connectivity index (χ4n) is 4.11. The quantitative estimate of drug-likeness (QED) is 0.608. The van der Waals surface area contributed by atoms with E-state index in [9.17, 15) is 9.18 Å². The number of carbonyl (C=O) groups excluding carboxylic acids is 1. The van der Waals surface area contributed by atoms with Gasteiger partial charge in [0.15, 0.2) is 5.78 Å². The van der Waals surface area contributed by atoms with E-state index in [1.165, 1.54) is 17.7 Å². The summed E-state index contributed by atoms with van der Waals surface area (Å²) in [5, 5.41) is 0.762. The first-order chi connectivity index (χ1) is 13.0. The van der Waals surface area contributed by atoms with Crippen LogP contribution in [0, 0.1) is 5.82 Å². The number of hydrogen-bond donors (Lipinski definition) is 0. The maximum absolute atomic E-state index is 12.9. The summed E-state index contributed by atoms with van der Waals surface area (Å²) in [4.78, 5) is 14.6. The van der Waals surface area contributed by atoms with Crippen LogP contribution in [0.25, 0.3) is 0 Å². The maximum atomic E-state index is 12.9. The Morgan fingerprint density at radius 2 is 1.86 bits per heavy atom. The largest absolute Gasteiger partial charge is 0.487 e. The van der Waals surface area contributed by atoms with Gasteiger partial charge in [-0.2, -0.15) is 0 Å². The van der Waals surface area contributed by atoms with Gasteiger partial charge < -0.3 is 9.64 Å². The zero-order chi connectivity index (χ0) is 18.9. The molecule has 2 heterocycles. The number of halogens is 3. The average Bonchev–Trinajstić information content (AvgIpc) is 3.01. The van der Waals surface area contributed by atoms with Crippen LogP contribution in [-0.4, -0.2) is 35.9 Å². The monoisotopic (exact) mass is 423 g/mol. The first kappa shape index (κ1) is 21.1. The van der Waals surface area contributed by atoms with E-state index in [-0.39, 0.29) is 29.6 Å². The summed E-state index contributed by atoms with van der Waals surface area (Å²) in [6, 6.07) is 11.7. The second-order valence-electron chi connectivity index (χ2n) is 7.59. The lowest BCUT2D eigenvalue weighted by molar-refractivity contribution is 0.0190. The number of benzene rings is 2. The molecule has 2 aliphatic rings. The van der Waals surface area contributed by atoms with Gasteiger partial charge in [-0.05, 0) is 61.0 Å².